The number of carbonyl (C=O) groups excluding carboxylic acids is 2. The molecule has 0 spiro atoms. The first-order valence-electron chi connectivity index (χ1n) is 11.6. The lowest BCUT2D eigenvalue weighted by atomic mass is 10.0. The summed E-state index contributed by atoms with van der Waals surface area (Å²) in [5.74, 6) is -0.0867. The number of ether oxygens (including phenoxy) is 1. The van der Waals surface area contributed by atoms with Crippen molar-refractivity contribution in [3.8, 4) is 0 Å². The zero-order valence-corrected chi connectivity index (χ0v) is 20.9. The maximum Gasteiger partial charge on any atom is 0.410 e. The van der Waals surface area contributed by atoms with Gasteiger partial charge in [-0.15, -0.1) is 0 Å². The minimum atomic E-state index is -0.622. The van der Waals surface area contributed by atoms with Gasteiger partial charge in [0.2, 0.25) is 5.82 Å². The fourth-order valence-electron chi connectivity index (χ4n) is 3.62. The normalized spacial score (nSPS) is 11.0. The Morgan fingerprint density at radius 2 is 1.64 bits per heavy atom. The monoisotopic (exact) mass is 490 g/mol. The molecule has 0 radical (unpaired) electrons. The standard InChI is InChI=1S/C27H30N4O5/c1-27(2,3)36-26(33)29(4)18-11-19-30(25-23(31(34)35)16-10-17-28-25)22-15-9-8-14-21(22)24(32)20-12-6-5-7-13-20/h5-10,12-17H,11,18-19H2,1-4H3. The predicted octanol–water partition coefficient (Wildman–Crippen LogP) is 5.62. The van der Waals surface area contributed by atoms with Crippen molar-refractivity contribution >= 4 is 29.1 Å². The minimum absolute atomic E-state index is 0.121. The van der Waals surface area contributed by atoms with Crippen LogP contribution in [0.2, 0.25) is 0 Å². The van der Waals surface area contributed by atoms with Gasteiger partial charge in [-0.25, -0.2) is 9.78 Å². The van der Waals surface area contributed by atoms with Gasteiger partial charge in [-0.2, -0.15) is 0 Å². The molecule has 0 saturated heterocycles. The second-order valence-electron chi connectivity index (χ2n) is 9.22. The molecule has 0 bridgehead atoms. The molecule has 0 unspecified atom stereocenters. The fraction of sp³-hybridized carbons (Fsp3) is 0.296. The lowest BCUT2D eigenvalue weighted by Crippen LogP contribution is -2.36. The van der Waals surface area contributed by atoms with Crippen LogP contribution in [0, 0.1) is 10.1 Å². The molecule has 0 aliphatic rings. The molecule has 36 heavy (non-hydrogen) atoms. The van der Waals surface area contributed by atoms with Crippen LogP contribution in [0.4, 0.5) is 22.0 Å². The van der Waals surface area contributed by atoms with Gasteiger partial charge < -0.3 is 14.5 Å². The summed E-state index contributed by atoms with van der Waals surface area (Å²) < 4.78 is 5.40. The van der Waals surface area contributed by atoms with E-state index in [0.29, 0.717) is 29.8 Å². The van der Waals surface area contributed by atoms with E-state index < -0.39 is 16.6 Å². The lowest BCUT2D eigenvalue weighted by molar-refractivity contribution is -0.384. The van der Waals surface area contributed by atoms with Crippen LogP contribution in [0.3, 0.4) is 0 Å². The number of carbonyl (C=O) groups is 2. The van der Waals surface area contributed by atoms with Crippen LogP contribution >= 0.6 is 0 Å². The summed E-state index contributed by atoms with van der Waals surface area (Å²) in [6.45, 7) is 5.98. The van der Waals surface area contributed by atoms with Crippen LogP contribution in [0.5, 0.6) is 0 Å². The quantitative estimate of drug-likeness (QED) is 0.218. The smallest absolute Gasteiger partial charge is 0.410 e. The number of para-hydroxylation sites is 1. The Bertz CT molecular complexity index is 1220. The summed E-state index contributed by atoms with van der Waals surface area (Å²) in [5, 5.41) is 11.8. The van der Waals surface area contributed by atoms with E-state index in [2.05, 4.69) is 4.98 Å². The molecule has 1 amide bonds. The topological polar surface area (TPSA) is 106 Å². The first-order valence-corrected chi connectivity index (χ1v) is 11.6. The highest BCUT2D eigenvalue weighted by Crippen LogP contribution is 2.34. The Kier molecular flexibility index (Phi) is 8.37. The molecule has 0 aliphatic carbocycles. The summed E-state index contributed by atoms with van der Waals surface area (Å²) in [4.78, 5) is 44.5. The number of hydrogen-bond donors (Lipinski definition) is 0. The molecule has 3 rings (SSSR count). The number of nitro groups is 1. The third-order valence-corrected chi connectivity index (χ3v) is 5.27. The Morgan fingerprint density at radius 3 is 2.31 bits per heavy atom. The Balaban J connectivity index is 1.96. The molecule has 9 heteroatoms. The van der Waals surface area contributed by atoms with Gasteiger partial charge in [0.25, 0.3) is 0 Å². The van der Waals surface area contributed by atoms with Gasteiger partial charge >= 0.3 is 11.8 Å². The van der Waals surface area contributed by atoms with Crippen LogP contribution in [0.1, 0.15) is 43.1 Å². The van der Waals surface area contributed by atoms with E-state index in [-0.39, 0.29) is 23.8 Å². The van der Waals surface area contributed by atoms with Gasteiger partial charge in [0.1, 0.15) is 5.60 Å². The van der Waals surface area contributed by atoms with Crippen molar-refractivity contribution in [3.63, 3.8) is 0 Å². The average molecular weight is 491 g/mol. The molecule has 0 atom stereocenters. The van der Waals surface area contributed by atoms with Crippen LogP contribution in [-0.4, -0.2) is 52.4 Å². The van der Waals surface area contributed by atoms with Gasteiger partial charge in [-0.3, -0.25) is 14.9 Å². The second-order valence-corrected chi connectivity index (χ2v) is 9.22. The molecular formula is C27H30N4O5. The molecule has 0 aliphatic heterocycles. The van der Waals surface area contributed by atoms with Crippen molar-refractivity contribution in [2.24, 2.45) is 0 Å². The van der Waals surface area contributed by atoms with Crippen molar-refractivity contribution < 1.29 is 19.2 Å². The van der Waals surface area contributed by atoms with E-state index >= 15 is 0 Å². The molecule has 0 saturated carbocycles. The largest absolute Gasteiger partial charge is 0.444 e. The third-order valence-electron chi connectivity index (χ3n) is 5.27. The maximum absolute atomic E-state index is 13.4. The van der Waals surface area contributed by atoms with Crippen molar-refractivity contribution in [1.82, 2.24) is 9.88 Å². The Hall–Kier alpha value is -4.27. The van der Waals surface area contributed by atoms with Crippen LogP contribution in [0.25, 0.3) is 0 Å². The number of nitrogens with zero attached hydrogens (tertiary/aromatic N) is 4. The summed E-state index contributed by atoms with van der Waals surface area (Å²) in [6.07, 6.45) is 1.46. The number of hydrogen-bond acceptors (Lipinski definition) is 7. The summed E-state index contributed by atoms with van der Waals surface area (Å²) in [5.41, 5.74) is 0.588. The first kappa shape index (κ1) is 26.3. The van der Waals surface area contributed by atoms with E-state index in [1.165, 1.54) is 23.2 Å². The van der Waals surface area contributed by atoms with Crippen molar-refractivity contribution in [3.05, 3.63) is 94.2 Å². The highest BCUT2D eigenvalue weighted by Gasteiger charge is 2.26. The fourth-order valence-corrected chi connectivity index (χ4v) is 3.62. The van der Waals surface area contributed by atoms with E-state index in [1.807, 2.05) is 6.07 Å². The number of anilines is 2. The SMILES string of the molecule is CN(CCCN(c1ccccc1C(=O)c1ccccc1)c1ncccc1[N+](=O)[O-])C(=O)OC(C)(C)C. The molecule has 188 valence electrons. The number of aromatic nitrogens is 1. The summed E-state index contributed by atoms with van der Waals surface area (Å²) in [7, 11) is 1.63. The van der Waals surface area contributed by atoms with Crippen molar-refractivity contribution in [2.75, 3.05) is 25.0 Å². The molecule has 3 aromatic rings. The zero-order valence-electron chi connectivity index (χ0n) is 20.9. The lowest BCUT2D eigenvalue weighted by Gasteiger charge is -2.28. The zero-order chi connectivity index (χ0) is 26.3. The molecule has 1 aromatic heterocycles. The molecule has 2 aromatic carbocycles. The molecule has 0 fully saturated rings. The van der Waals surface area contributed by atoms with Gasteiger partial charge in [0.05, 0.1) is 10.6 Å². The highest BCUT2D eigenvalue weighted by molar-refractivity contribution is 6.12. The van der Waals surface area contributed by atoms with Gasteiger partial charge in [-0.1, -0.05) is 42.5 Å². The predicted molar refractivity (Wildman–Crippen MR) is 138 cm³/mol. The van der Waals surface area contributed by atoms with Gasteiger partial charge in [0, 0.05) is 43.5 Å². The van der Waals surface area contributed by atoms with Crippen molar-refractivity contribution in [2.45, 2.75) is 32.8 Å². The number of benzene rings is 2. The van der Waals surface area contributed by atoms with Gasteiger partial charge in [0.15, 0.2) is 5.78 Å². The highest BCUT2D eigenvalue weighted by atomic mass is 16.6. The molecular weight excluding hydrogens is 460 g/mol. The summed E-state index contributed by atoms with van der Waals surface area (Å²) >= 11 is 0. The van der Waals surface area contributed by atoms with E-state index in [9.17, 15) is 19.7 Å². The second kappa shape index (κ2) is 11.4. The van der Waals surface area contributed by atoms with E-state index in [0.717, 1.165) is 0 Å². The number of amides is 1. The van der Waals surface area contributed by atoms with Crippen LogP contribution in [-0.2, 0) is 4.74 Å². The number of ketones is 1. The average Bonchev–Trinajstić information content (AvgIpc) is 2.85. The minimum Gasteiger partial charge on any atom is -0.444 e. The van der Waals surface area contributed by atoms with Crippen molar-refractivity contribution in [1.29, 1.82) is 0 Å². The number of pyridine rings is 1. The Morgan fingerprint density at radius 1 is 0.972 bits per heavy atom. The summed E-state index contributed by atoms with van der Waals surface area (Å²) in [6, 6.07) is 18.7. The van der Waals surface area contributed by atoms with Crippen LogP contribution < -0.4 is 4.90 Å². The van der Waals surface area contributed by atoms with Crippen LogP contribution in [0.15, 0.2) is 72.9 Å². The van der Waals surface area contributed by atoms with Gasteiger partial charge in [-0.05, 0) is 45.4 Å². The number of rotatable bonds is 9. The molecule has 0 N–H and O–H groups in total. The Labute approximate surface area is 210 Å². The van der Waals surface area contributed by atoms with E-state index in [4.69, 9.17) is 4.74 Å². The van der Waals surface area contributed by atoms with E-state index in [1.54, 1.807) is 81.2 Å². The molecule has 9 nitrogen and oxygen atoms in total. The third kappa shape index (κ3) is 6.65. The maximum atomic E-state index is 13.4. The molecule has 1 heterocycles. The first-order chi connectivity index (χ1) is 17.1.